The van der Waals surface area contributed by atoms with Crippen molar-refractivity contribution in [3.05, 3.63) is 35.9 Å². The number of hydrogen-bond acceptors (Lipinski definition) is 3. The minimum atomic E-state index is -3.43. The number of aliphatic carboxylic acids is 1. The molecule has 2 atom stereocenters. The van der Waals surface area contributed by atoms with Crippen molar-refractivity contribution in [2.45, 2.75) is 25.7 Å². The van der Waals surface area contributed by atoms with Crippen molar-refractivity contribution < 1.29 is 19.4 Å². The quantitative estimate of drug-likeness (QED) is 0.454. The van der Waals surface area contributed by atoms with Crippen LogP contribution in [0.1, 0.15) is 24.8 Å². The van der Waals surface area contributed by atoms with E-state index in [0.29, 0.717) is 25.8 Å². The fraction of sp³-hybridized carbons (Fsp3) is 0.533. The molecule has 0 fully saturated rings. The van der Waals surface area contributed by atoms with E-state index in [-0.39, 0.29) is 12.3 Å². The van der Waals surface area contributed by atoms with Crippen LogP contribution in [0, 0.1) is 5.92 Å². The third-order valence-electron chi connectivity index (χ3n) is 3.45. The lowest BCUT2D eigenvalue weighted by Gasteiger charge is -2.17. The van der Waals surface area contributed by atoms with Crippen LogP contribution in [0.5, 0.6) is 0 Å². The Kier molecular flexibility index (Phi) is 7.65. The first-order valence-electron chi connectivity index (χ1n) is 7.22. The van der Waals surface area contributed by atoms with E-state index >= 15 is 0 Å². The summed E-state index contributed by atoms with van der Waals surface area (Å²) in [5.74, 6) is -1.76. The van der Waals surface area contributed by atoms with Crippen LogP contribution in [0.25, 0.3) is 0 Å². The van der Waals surface area contributed by atoms with Crippen molar-refractivity contribution >= 4 is 13.3 Å². The standard InChI is InChI=1S/C15H24NO4P/c16-10-5-4-8-14(15(17)18)12-21(19,20)11-9-13-6-2-1-3-7-13/h1-3,6-7,14H,4-5,8-12,16H2,(H,17,18)(H,19,20). The molecule has 1 rings (SSSR count). The Morgan fingerprint density at radius 2 is 1.90 bits per heavy atom. The van der Waals surface area contributed by atoms with Crippen molar-refractivity contribution in [2.24, 2.45) is 11.7 Å². The number of rotatable bonds is 10. The molecule has 0 spiro atoms. The van der Waals surface area contributed by atoms with E-state index in [9.17, 15) is 14.3 Å². The number of carboxylic acids is 1. The van der Waals surface area contributed by atoms with Crippen LogP contribution in [0.3, 0.4) is 0 Å². The highest BCUT2D eigenvalue weighted by molar-refractivity contribution is 7.58. The van der Waals surface area contributed by atoms with Gasteiger partial charge in [0, 0.05) is 12.3 Å². The van der Waals surface area contributed by atoms with Gasteiger partial charge in [-0.05, 0) is 31.4 Å². The summed E-state index contributed by atoms with van der Waals surface area (Å²) in [7, 11) is -3.43. The Labute approximate surface area is 125 Å². The maximum Gasteiger partial charge on any atom is 0.307 e. The van der Waals surface area contributed by atoms with Gasteiger partial charge in [-0.1, -0.05) is 36.8 Å². The molecule has 5 nitrogen and oxygen atoms in total. The van der Waals surface area contributed by atoms with Gasteiger partial charge in [0.05, 0.1) is 5.92 Å². The summed E-state index contributed by atoms with van der Waals surface area (Å²) < 4.78 is 12.2. The second-order valence-electron chi connectivity index (χ2n) is 5.31. The molecular formula is C15H24NO4P. The number of unbranched alkanes of at least 4 members (excludes halogenated alkanes) is 1. The minimum absolute atomic E-state index is 0.123. The minimum Gasteiger partial charge on any atom is -0.481 e. The highest BCUT2D eigenvalue weighted by Crippen LogP contribution is 2.43. The average Bonchev–Trinajstić information content (AvgIpc) is 2.45. The fourth-order valence-electron chi connectivity index (χ4n) is 2.21. The Balaban J connectivity index is 2.51. The largest absolute Gasteiger partial charge is 0.481 e. The summed E-state index contributed by atoms with van der Waals surface area (Å²) >= 11 is 0. The summed E-state index contributed by atoms with van der Waals surface area (Å²) in [4.78, 5) is 21.2. The maximum absolute atomic E-state index is 12.2. The normalized spacial score (nSPS) is 15.3. The lowest BCUT2D eigenvalue weighted by Crippen LogP contribution is -2.19. The van der Waals surface area contributed by atoms with Crippen LogP contribution in [-0.2, 0) is 15.8 Å². The smallest absolute Gasteiger partial charge is 0.307 e. The molecule has 6 heteroatoms. The predicted molar refractivity (Wildman–Crippen MR) is 83.7 cm³/mol. The van der Waals surface area contributed by atoms with Gasteiger partial charge >= 0.3 is 5.97 Å². The third-order valence-corrected chi connectivity index (χ3v) is 5.39. The molecule has 0 bridgehead atoms. The highest BCUT2D eigenvalue weighted by atomic mass is 31.2. The molecule has 1 aromatic carbocycles. The van der Waals surface area contributed by atoms with Gasteiger partial charge in [-0.2, -0.15) is 0 Å². The molecule has 1 aromatic rings. The van der Waals surface area contributed by atoms with Crippen molar-refractivity contribution in [3.8, 4) is 0 Å². The van der Waals surface area contributed by atoms with Crippen LogP contribution in [0.15, 0.2) is 30.3 Å². The summed E-state index contributed by atoms with van der Waals surface area (Å²) in [6.45, 7) is 0.511. The Morgan fingerprint density at radius 3 is 2.48 bits per heavy atom. The monoisotopic (exact) mass is 313 g/mol. The summed E-state index contributed by atoms with van der Waals surface area (Å²) in [5.41, 5.74) is 6.37. The molecule has 0 saturated heterocycles. The van der Waals surface area contributed by atoms with Gasteiger partial charge in [0.2, 0.25) is 7.37 Å². The molecular weight excluding hydrogens is 289 g/mol. The first-order valence-corrected chi connectivity index (χ1v) is 9.25. The van der Waals surface area contributed by atoms with E-state index in [1.54, 1.807) is 0 Å². The Morgan fingerprint density at radius 1 is 1.24 bits per heavy atom. The summed E-state index contributed by atoms with van der Waals surface area (Å²) in [6.07, 6.45) is 2.28. The molecule has 0 amide bonds. The molecule has 0 aromatic heterocycles. The number of carbonyl (C=O) groups is 1. The number of aryl methyl sites for hydroxylation is 1. The molecule has 2 unspecified atom stereocenters. The zero-order chi connectivity index (χ0) is 15.7. The van der Waals surface area contributed by atoms with Gasteiger partial charge in [-0.25, -0.2) is 0 Å². The van der Waals surface area contributed by atoms with Crippen LogP contribution >= 0.6 is 7.37 Å². The number of benzene rings is 1. The number of carboxylic acid groups (broad SMARTS) is 1. The van der Waals surface area contributed by atoms with Gasteiger partial charge in [0.25, 0.3) is 0 Å². The lowest BCUT2D eigenvalue weighted by molar-refractivity contribution is -0.141. The average molecular weight is 313 g/mol. The predicted octanol–water partition coefficient (Wildman–Crippen LogP) is 2.33. The van der Waals surface area contributed by atoms with Crippen molar-refractivity contribution in [1.29, 1.82) is 0 Å². The van der Waals surface area contributed by atoms with Crippen LogP contribution in [0.2, 0.25) is 0 Å². The first kappa shape index (κ1) is 17.9. The highest BCUT2D eigenvalue weighted by Gasteiger charge is 2.28. The van der Waals surface area contributed by atoms with E-state index in [1.165, 1.54) is 0 Å². The lowest BCUT2D eigenvalue weighted by atomic mass is 10.0. The van der Waals surface area contributed by atoms with E-state index < -0.39 is 19.3 Å². The maximum atomic E-state index is 12.2. The molecule has 0 radical (unpaired) electrons. The van der Waals surface area contributed by atoms with Crippen LogP contribution < -0.4 is 5.73 Å². The summed E-state index contributed by atoms with van der Waals surface area (Å²) in [5, 5.41) is 9.16. The van der Waals surface area contributed by atoms with E-state index in [0.717, 1.165) is 12.0 Å². The van der Waals surface area contributed by atoms with E-state index in [1.807, 2.05) is 30.3 Å². The fourth-order valence-corrected chi connectivity index (χ4v) is 4.03. The topological polar surface area (TPSA) is 101 Å². The Bertz CT molecular complexity index is 478. The van der Waals surface area contributed by atoms with Crippen LogP contribution in [0.4, 0.5) is 0 Å². The molecule has 0 heterocycles. The molecule has 0 aliphatic rings. The van der Waals surface area contributed by atoms with E-state index in [4.69, 9.17) is 10.8 Å². The van der Waals surface area contributed by atoms with Gasteiger partial charge in [-0.3, -0.25) is 9.36 Å². The number of hydrogen-bond donors (Lipinski definition) is 3. The van der Waals surface area contributed by atoms with Gasteiger partial charge < -0.3 is 15.7 Å². The van der Waals surface area contributed by atoms with Crippen LogP contribution in [-0.4, -0.2) is 34.8 Å². The summed E-state index contributed by atoms with van der Waals surface area (Å²) in [6, 6.07) is 9.45. The van der Waals surface area contributed by atoms with Gasteiger partial charge in [0.1, 0.15) is 0 Å². The second kappa shape index (κ2) is 8.98. The van der Waals surface area contributed by atoms with E-state index in [2.05, 4.69) is 0 Å². The second-order valence-corrected chi connectivity index (χ2v) is 7.81. The SMILES string of the molecule is NCCCCC(CP(=O)(O)CCc1ccccc1)C(=O)O. The third kappa shape index (κ3) is 7.42. The first-order chi connectivity index (χ1) is 9.94. The van der Waals surface area contributed by atoms with Crippen molar-refractivity contribution in [3.63, 3.8) is 0 Å². The molecule has 118 valence electrons. The molecule has 4 N–H and O–H groups in total. The molecule has 0 saturated carbocycles. The zero-order valence-corrected chi connectivity index (χ0v) is 13.0. The van der Waals surface area contributed by atoms with Crippen molar-refractivity contribution in [2.75, 3.05) is 18.9 Å². The molecule has 0 aliphatic carbocycles. The number of nitrogens with two attached hydrogens (primary N) is 1. The van der Waals surface area contributed by atoms with Crippen molar-refractivity contribution in [1.82, 2.24) is 0 Å². The van der Waals surface area contributed by atoms with Gasteiger partial charge in [0.15, 0.2) is 0 Å². The Hall–Kier alpha value is -1.16. The van der Waals surface area contributed by atoms with Gasteiger partial charge in [-0.15, -0.1) is 0 Å². The molecule has 0 aliphatic heterocycles. The molecule has 21 heavy (non-hydrogen) atoms. The zero-order valence-electron chi connectivity index (χ0n) is 12.1.